The maximum absolute atomic E-state index is 13.1. The first-order valence-electron chi connectivity index (χ1n) is 12.6. The summed E-state index contributed by atoms with van der Waals surface area (Å²) in [4.78, 5) is 34.7. The average molecular weight is 557 g/mol. The van der Waals surface area contributed by atoms with Gasteiger partial charge in [0.05, 0.1) is 25.1 Å². The van der Waals surface area contributed by atoms with Crippen LogP contribution >= 0.6 is 11.6 Å². The Balaban J connectivity index is 1.70. The average Bonchev–Trinajstić information content (AvgIpc) is 2.95. The lowest BCUT2D eigenvalue weighted by molar-refractivity contribution is -0.112. The van der Waals surface area contributed by atoms with Crippen molar-refractivity contribution in [2.45, 2.75) is 27.7 Å². The molecule has 3 rings (SSSR count). The molecule has 0 radical (unpaired) electrons. The first-order chi connectivity index (χ1) is 19.1. The van der Waals surface area contributed by atoms with E-state index in [0.717, 1.165) is 16.8 Å². The van der Waals surface area contributed by atoms with Gasteiger partial charge in [-0.25, -0.2) is 9.98 Å². The third-order valence-electron chi connectivity index (χ3n) is 6.15. The monoisotopic (exact) mass is 556 g/mol. The van der Waals surface area contributed by atoms with Crippen LogP contribution in [0.1, 0.15) is 43.6 Å². The summed E-state index contributed by atoms with van der Waals surface area (Å²) in [6.45, 7) is 11.7. The van der Waals surface area contributed by atoms with Crippen molar-refractivity contribution in [3.63, 3.8) is 0 Å². The van der Waals surface area contributed by atoms with E-state index < -0.39 is 0 Å². The van der Waals surface area contributed by atoms with Crippen LogP contribution in [0.15, 0.2) is 112 Å². The Morgan fingerprint density at radius 2 is 1.65 bits per heavy atom. The summed E-state index contributed by atoms with van der Waals surface area (Å²) < 4.78 is 5.27. The number of carbonyl (C=O) groups is 2. The van der Waals surface area contributed by atoms with Gasteiger partial charge in [0.2, 0.25) is 5.90 Å². The van der Waals surface area contributed by atoms with Gasteiger partial charge in [0.15, 0.2) is 0 Å². The van der Waals surface area contributed by atoms with E-state index in [0.29, 0.717) is 44.7 Å². The van der Waals surface area contributed by atoms with Crippen LogP contribution in [0.5, 0.6) is 0 Å². The minimum Gasteiger partial charge on any atom is -0.483 e. The van der Waals surface area contributed by atoms with E-state index in [2.05, 4.69) is 27.2 Å². The lowest BCUT2D eigenvalue weighted by Gasteiger charge is -2.13. The van der Waals surface area contributed by atoms with E-state index in [1.807, 2.05) is 63.3 Å². The SMILES string of the molecule is C=C(N=C1C=CC=C/C1=C(/C)C(=O)Nc1ccc(C(=O)NCC(=NC(C)=C(C)C)OC)cc1)c1ccccc1Cl. The molecule has 0 fully saturated rings. The standard InChI is InChI=1S/C32H33ClN4O3/c1-20(2)22(4)36-30(40-6)19-34-32(39)24-15-17-25(18-16-24)37-31(38)21(3)26-11-8-10-14-29(26)35-23(5)27-12-7-9-13-28(27)33/h7-18H,5,19H2,1-4,6H3,(H,34,39)(H,37,38)/b26-21+,35-29?,36-30?. The zero-order valence-corrected chi connectivity index (χ0v) is 24.1. The van der Waals surface area contributed by atoms with Crippen molar-refractivity contribution in [1.29, 1.82) is 0 Å². The van der Waals surface area contributed by atoms with Gasteiger partial charge in [0.1, 0.15) is 0 Å². The van der Waals surface area contributed by atoms with Gasteiger partial charge in [-0.1, -0.05) is 60.2 Å². The summed E-state index contributed by atoms with van der Waals surface area (Å²) in [5.41, 5.74) is 5.85. The first kappa shape index (κ1) is 30.1. The fraction of sp³-hybridized carbons (Fsp3) is 0.188. The smallest absolute Gasteiger partial charge is 0.251 e. The number of nitrogens with zero attached hydrogens (tertiary/aromatic N) is 2. The molecule has 0 saturated heterocycles. The largest absolute Gasteiger partial charge is 0.483 e. The van der Waals surface area contributed by atoms with Crippen LogP contribution < -0.4 is 10.6 Å². The number of rotatable bonds is 8. The Hall–Kier alpha value is -4.49. The second-order valence-electron chi connectivity index (χ2n) is 9.19. The number of methoxy groups -OCH3 is 1. The van der Waals surface area contributed by atoms with E-state index in [4.69, 9.17) is 16.3 Å². The number of amides is 2. The van der Waals surface area contributed by atoms with E-state index in [1.165, 1.54) is 7.11 Å². The van der Waals surface area contributed by atoms with Gasteiger partial charge in [0, 0.05) is 38.7 Å². The lowest BCUT2D eigenvalue weighted by atomic mass is 9.99. The van der Waals surface area contributed by atoms with Gasteiger partial charge in [-0.2, -0.15) is 0 Å². The molecule has 7 nitrogen and oxygen atoms in total. The van der Waals surface area contributed by atoms with Crippen LogP contribution in [0.25, 0.3) is 5.70 Å². The molecule has 206 valence electrons. The van der Waals surface area contributed by atoms with E-state index in [9.17, 15) is 9.59 Å². The number of anilines is 1. The van der Waals surface area contributed by atoms with Crippen molar-refractivity contribution in [1.82, 2.24) is 5.32 Å². The Morgan fingerprint density at radius 3 is 2.30 bits per heavy atom. The molecular weight excluding hydrogens is 524 g/mol. The maximum atomic E-state index is 13.1. The van der Waals surface area contributed by atoms with Gasteiger partial charge in [-0.3, -0.25) is 9.59 Å². The minimum absolute atomic E-state index is 0.153. The second-order valence-corrected chi connectivity index (χ2v) is 9.60. The van der Waals surface area contributed by atoms with Crippen molar-refractivity contribution in [3.05, 3.63) is 118 Å². The summed E-state index contributed by atoms with van der Waals surface area (Å²) in [5, 5.41) is 6.23. The van der Waals surface area contributed by atoms with Crippen LogP contribution in [0.2, 0.25) is 5.02 Å². The summed E-state index contributed by atoms with van der Waals surface area (Å²) in [5.74, 6) is -0.169. The molecule has 0 saturated carbocycles. The molecule has 8 heteroatoms. The first-order valence-corrected chi connectivity index (χ1v) is 13.0. The molecular formula is C32H33ClN4O3. The predicted octanol–water partition coefficient (Wildman–Crippen LogP) is 6.92. The summed E-state index contributed by atoms with van der Waals surface area (Å²) in [6, 6.07) is 14.0. The third kappa shape index (κ3) is 8.01. The number of nitrogens with one attached hydrogen (secondary N) is 2. The minimum atomic E-state index is -0.293. The van der Waals surface area contributed by atoms with Gasteiger partial charge < -0.3 is 15.4 Å². The third-order valence-corrected chi connectivity index (χ3v) is 6.48. The van der Waals surface area contributed by atoms with Crippen molar-refractivity contribution in [2.75, 3.05) is 19.0 Å². The van der Waals surface area contributed by atoms with Crippen LogP contribution in [0, 0.1) is 0 Å². The number of ether oxygens (including phenoxy) is 1. The van der Waals surface area contributed by atoms with Crippen LogP contribution in [-0.4, -0.2) is 37.1 Å². The molecule has 1 aliphatic rings. The molecule has 1 aliphatic carbocycles. The molecule has 2 amide bonds. The van der Waals surface area contributed by atoms with Crippen molar-refractivity contribution in [2.24, 2.45) is 9.98 Å². The Morgan fingerprint density at radius 1 is 0.975 bits per heavy atom. The zero-order valence-electron chi connectivity index (χ0n) is 23.3. The molecule has 0 atom stereocenters. The van der Waals surface area contributed by atoms with Crippen molar-refractivity contribution >= 4 is 46.4 Å². The van der Waals surface area contributed by atoms with Crippen LogP contribution in [0.4, 0.5) is 5.69 Å². The highest BCUT2D eigenvalue weighted by atomic mass is 35.5. The molecule has 2 aromatic rings. The number of carbonyl (C=O) groups excluding carboxylic acids is 2. The topological polar surface area (TPSA) is 92.2 Å². The van der Waals surface area contributed by atoms with Gasteiger partial charge in [-0.05, 0) is 64.1 Å². The predicted molar refractivity (Wildman–Crippen MR) is 165 cm³/mol. The molecule has 0 aliphatic heterocycles. The van der Waals surface area contributed by atoms with Crippen molar-refractivity contribution < 1.29 is 14.3 Å². The molecule has 0 spiro atoms. The van der Waals surface area contributed by atoms with E-state index >= 15 is 0 Å². The van der Waals surface area contributed by atoms with Gasteiger partial charge in [-0.15, -0.1) is 0 Å². The summed E-state index contributed by atoms with van der Waals surface area (Å²) in [7, 11) is 1.52. The number of hydrogen-bond acceptors (Lipinski definition) is 5. The lowest BCUT2D eigenvalue weighted by Crippen LogP contribution is -2.30. The molecule has 0 bridgehead atoms. The Bertz CT molecular complexity index is 1490. The normalized spacial score (nSPS) is 14.9. The molecule has 2 aromatic carbocycles. The van der Waals surface area contributed by atoms with Crippen LogP contribution in [0.3, 0.4) is 0 Å². The summed E-state index contributed by atoms with van der Waals surface area (Å²) >= 11 is 6.30. The fourth-order valence-electron chi connectivity index (χ4n) is 3.56. The van der Waals surface area contributed by atoms with E-state index in [1.54, 1.807) is 37.3 Å². The second kappa shape index (κ2) is 14.1. The summed E-state index contributed by atoms with van der Waals surface area (Å²) in [6.07, 6.45) is 7.35. The van der Waals surface area contributed by atoms with E-state index in [-0.39, 0.29) is 18.4 Å². The quantitative estimate of drug-likeness (QED) is 0.210. The number of aliphatic imine (C=N–C) groups is 2. The molecule has 0 heterocycles. The molecule has 40 heavy (non-hydrogen) atoms. The zero-order chi connectivity index (χ0) is 29.2. The Kier molecular flexibility index (Phi) is 10.6. The van der Waals surface area contributed by atoms with Gasteiger partial charge in [0.25, 0.3) is 11.8 Å². The number of benzene rings is 2. The number of halogens is 1. The molecule has 2 N–H and O–H groups in total. The fourth-order valence-corrected chi connectivity index (χ4v) is 3.80. The Labute approximate surface area is 240 Å². The highest BCUT2D eigenvalue weighted by Crippen LogP contribution is 2.25. The van der Waals surface area contributed by atoms with Crippen LogP contribution in [-0.2, 0) is 9.53 Å². The number of allylic oxidation sites excluding steroid dienone is 7. The highest BCUT2D eigenvalue weighted by molar-refractivity contribution is 6.32. The number of hydrogen-bond donors (Lipinski definition) is 2. The van der Waals surface area contributed by atoms with Crippen molar-refractivity contribution in [3.8, 4) is 0 Å². The molecule has 0 unspecified atom stereocenters. The molecule has 0 aromatic heterocycles. The highest BCUT2D eigenvalue weighted by Gasteiger charge is 2.16. The maximum Gasteiger partial charge on any atom is 0.251 e. The van der Waals surface area contributed by atoms with Gasteiger partial charge >= 0.3 is 0 Å².